The molecule has 0 aliphatic carbocycles. The Labute approximate surface area is 229 Å². The van der Waals surface area contributed by atoms with Crippen LogP contribution >= 0.6 is 0 Å². The monoisotopic (exact) mass is 554 g/mol. The van der Waals surface area contributed by atoms with Gasteiger partial charge in [-0.05, 0) is 85.8 Å². The van der Waals surface area contributed by atoms with Gasteiger partial charge in [-0.2, -0.15) is 18.2 Å². The van der Waals surface area contributed by atoms with Gasteiger partial charge in [-0.1, -0.05) is 12.1 Å². The fourth-order valence-electron chi connectivity index (χ4n) is 4.30. The van der Waals surface area contributed by atoms with Gasteiger partial charge in [0.25, 0.3) is 0 Å². The predicted molar refractivity (Wildman–Crippen MR) is 151 cm³/mol. The first-order chi connectivity index (χ1) is 19.0. The Morgan fingerprint density at radius 3 is 2.55 bits per heavy atom. The summed E-state index contributed by atoms with van der Waals surface area (Å²) >= 11 is 0. The van der Waals surface area contributed by atoms with E-state index in [1.165, 1.54) is 4.57 Å². The van der Waals surface area contributed by atoms with Crippen LogP contribution in [-0.2, 0) is 19.1 Å². The van der Waals surface area contributed by atoms with Crippen molar-refractivity contribution in [3.8, 4) is 16.9 Å². The number of benzene rings is 2. The Bertz CT molecular complexity index is 1530. The molecule has 2 aromatic heterocycles. The van der Waals surface area contributed by atoms with Crippen molar-refractivity contribution in [2.24, 2.45) is 22.2 Å². The average molecular weight is 555 g/mol. The fourth-order valence-corrected chi connectivity index (χ4v) is 4.30. The summed E-state index contributed by atoms with van der Waals surface area (Å²) in [4.78, 5) is 23.9. The molecule has 12 heteroatoms. The molecule has 0 unspecified atom stereocenters. The van der Waals surface area contributed by atoms with Gasteiger partial charge >= 0.3 is 11.9 Å². The van der Waals surface area contributed by atoms with Crippen LogP contribution in [0.25, 0.3) is 28.0 Å². The molecule has 0 saturated carbocycles. The topological polar surface area (TPSA) is 153 Å². The van der Waals surface area contributed by atoms with Crippen LogP contribution in [0.1, 0.15) is 36.5 Å². The van der Waals surface area contributed by atoms with E-state index in [-0.39, 0.29) is 12.0 Å². The number of aryl methyl sites for hydroxylation is 1. The molecule has 8 N–H and O–H groups in total. The lowest BCUT2D eigenvalue weighted by atomic mass is 9.99. The van der Waals surface area contributed by atoms with E-state index in [9.17, 15) is 18.0 Å². The second-order valence-corrected chi connectivity index (χ2v) is 9.82. The highest BCUT2D eigenvalue weighted by molar-refractivity contribution is 5.82. The van der Waals surface area contributed by atoms with Gasteiger partial charge in [0.1, 0.15) is 5.65 Å². The molecule has 0 aliphatic rings. The summed E-state index contributed by atoms with van der Waals surface area (Å²) in [5, 5.41) is 3.90. The largest absolute Gasteiger partial charge is 0.416 e. The number of aliphatic imine (C=N–C) groups is 1. The number of fused-ring (bicyclic) bond motifs is 1. The van der Waals surface area contributed by atoms with Gasteiger partial charge in [-0.3, -0.25) is 9.56 Å². The first kappa shape index (κ1) is 28.8. The minimum Gasteiger partial charge on any atom is -0.370 e. The molecule has 1 atom stereocenters. The molecule has 0 bridgehead atoms. The predicted octanol–water partition coefficient (Wildman–Crippen LogP) is 3.43. The number of H-pyrrole nitrogens is 1. The second-order valence-electron chi connectivity index (χ2n) is 9.82. The molecule has 212 valence electrons. The summed E-state index contributed by atoms with van der Waals surface area (Å²) in [7, 11) is 0. The van der Waals surface area contributed by atoms with Gasteiger partial charge in [-0.15, -0.1) is 0 Å². The van der Waals surface area contributed by atoms with Gasteiger partial charge in [0.15, 0.2) is 5.96 Å². The number of hydrogen-bond acceptors (Lipinski definition) is 5. The maximum atomic E-state index is 13.6. The normalized spacial score (nSPS) is 12.5. The summed E-state index contributed by atoms with van der Waals surface area (Å²) in [5.74, 6) is 0.0761. The van der Waals surface area contributed by atoms with Crippen molar-refractivity contribution >= 4 is 17.0 Å². The number of nitrogens with zero attached hydrogens (tertiary/aromatic N) is 3. The van der Waals surface area contributed by atoms with E-state index in [1.807, 2.05) is 31.2 Å². The van der Waals surface area contributed by atoms with E-state index in [4.69, 9.17) is 17.2 Å². The maximum Gasteiger partial charge on any atom is 0.416 e. The highest BCUT2D eigenvalue weighted by Gasteiger charge is 2.31. The number of aromatic amines is 1. The number of guanidine groups is 1. The molecule has 0 fully saturated rings. The molecular weight excluding hydrogens is 521 g/mol. The van der Waals surface area contributed by atoms with E-state index in [0.29, 0.717) is 59.5 Å². The maximum absolute atomic E-state index is 13.6. The molecule has 0 amide bonds. The summed E-state index contributed by atoms with van der Waals surface area (Å²) in [5.41, 5.74) is 18.5. The van der Waals surface area contributed by atoms with Crippen molar-refractivity contribution < 1.29 is 13.2 Å². The highest BCUT2D eigenvalue weighted by Crippen LogP contribution is 2.34. The number of nitrogens with two attached hydrogens (primary N) is 3. The van der Waals surface area contributed by atoms with Crippen molar-refractivity contribution in [3.63, 3.8) is 0 Å². The quantitative estimate of drug-likeness (QED) is 0.109. The van der Waals surface area contributed by atoms with E-state index >= 15 is 0 Å². The zero-order valence-corrected chi connectivity index (χ0v) is 22.1. The number of aromatic nitrogens is 3. The second kappa shape index (κ2) is 12.3. The van der Waals surface area contributed by atoms with Gasteiger partial charge in [0.2, 0.25) is 0 Å². The third kappa shape index (κ3) is 7.48. The minimum absolute atomic E-state index is 0.0761. The molecule has 40 heavy (non-hydrogen) atoms. The smallest absolute Gasteiger partial charge is 0.370 e. The molecule has 0 radical (unpaired) electrons. The Morgan fingerprint density at radius 1 is 1.12 bits per heavy atom. The van der Waals surface area contributed by atoms with Crippen LogP contribution in [0, 0.1) is 0 Å². The fraction of sp³-hybridized carbons (Fsp3) is 0.321. The molecule has 4 rings (SSSR count). The van der Waals surface area contributed by atoms with Gasteiger partial charge in [-0.25, -0.2) is 4.79 Å². The summed E-state index contributed by atoms with van der Waals surface area (Å²) in [6.07, 6.45) is -1.09. The molecule has 2 heterocycles. The van der Waals surface area contributed by atoms with E-state index in [1.54, 1.807) is 18.3 Å². The van der Waals surface area contributed by atoms with Crippen molar-refractivity contribution in [1.82, 2.24) is 19.9 Å². The van der Waals surface area contributed by atoms with Crippen molar-refractivity contribution in [1.29, 1.82) is 0 Å². The lowest BCUT2D eigenvalue weighted by Gasteiger charge is -2.12. The van der Waals surface area contributed by atoms with Gasteiger partial charge in [0, 0.05) is 36.4 Å². The number of alkyl halides is 3. The van der Waals surface area contributed by atoms with Crippen LogP contribution in [0.2, 0.25) is 0 Å². The molecule has 0 spiro atoms. The van der Waals surface area contributed by atoms with Crippen LogP contribution in [0.15, 0.2) is 64.5 Å². The third-order valence-electron chi connectivity index (χ3n) is 6.38. The summed E-state index contributed by atoms with van der Waals surface area (Å²) in [6, 6.07) is 13.0. The average Bonchev–Trinajstić information content (AvgIpc) is 3.31. The minimum atomic E-state index is -4.50. The van der Waals surface area contributed by atoms with Gasteiger partial charge in [0.05, 0.1) is 11.3 Å². The third-order valence-corrected chi connectivity index (χ3v) is 6.38. The van der Waals surface area contributed by atoms with Crippen LogP contribution in [0.5, 0.6) is 0 Å². The molecular formula is C28H33F3N8O. The standard InChI is InChI=1S/C28H33F3N8O/c1-17(32)3-4-19-11-20(13-22(12-19)28(29,30)31)24-14-21-16-39(27(40)38-25(21)37-24)23-7-5-18(6-8-23)15-35-9-2-10-36-26(33)34/h5-8,11-14,16-17,35H,2-4,9-10,15,32H2,1H3,(H4,33,34,36)(H,37,38,40)/t17-/m0/s1. The van der Waals surface area contributed by atoms with Crippen molar-refractivity contribution in [3.05, 3.63) is 81.9 Å². The first-order valence-electron chi connectivity index (χ1n) is 12.9. The lowest BCUT2D eigenvalue weighted by molar-refractivity contribution is -0.137. The Kier molecular flexibility index (Phi) is 8.90. The highest BCUT2D eigenvalue weighted by atomic mass is 19.4. The van der Waals surface area contributed by atoms with Crippen LogP contribution in [-0.4, -0.2) is 39.6 Å². The Balaban J connectivity index is 1.55. The molecule has 2 aromatic carbocycles. The molecule has 4 aromatic rings. The molecule has 0 aliphatic heterocycles. The number of hydrogen-bond donors (Lipinski definition) is 5. The first-order valence-corrected chi connectivity index (χ1v) is 12.9. The Morgan fingerprint density at radius 2 is 1.88 bits per heavy atom. The van der Waals surface area contributed by atoms with Crippen LogP contribution in [0.4, 0.5) is 13.2 Å². The zero-order valence-electron chi connectivity index (χ0n) is 22.1. The van der Waals surface area contributed by atoms with Gasteiger partial charge < -0.3 is 27.5 Å². The Hall–Kier alpha value is -4.16. The van der Waals surface area contributed by atoms with Crippen molar-refractivity contribution in [2.75, 3.05) is 13.1 Å². The van der Waals surface area contributed by atoms with Crippen LogP contribution in [0.3, 0.4) is 0 Å². The van der Waals surface area contributed by atoms with Crippen LogP contribution < -0.4 is 28.2 Å². The SMILES string of the molecule is C[C@H](N)CCc1cc(-c2cc3cn(-c4ccc(CNCCCN=C(N)N)cc4)c(=O)nc3[nH]2)cc(C(F)(F)F)c1. The lowest BCUT2D eigenvalue weighted by Crippen LogP contribution is -2.23. The molecule has 0 saturated heterocycles. The van der Waals surface area contributed by atoms with Crippen molar-refractivity contribution in [2.45, 2.75) is 44.9 Å². The molecule has 9 nitrogen and oxygen atoms in total. The van der Waals surface area contributed by atoms with E-state index in [0.717, 1.165) is 30.7 Å². The van der Waals surface area contributed by atoms with E-state index in [2.05, 4.69) is 20.3 Å². The summed E-state index contributed by atoms with van der Waals surface area (Å²) < 4.78 is 42.3. The summed E-state index contributed by atoms with van der Waals surface area (Å²) in [6.45, 7) is 3.75. The number of nitrogens with one attached hydrogen (secondary N) is 2. The number of rotatable bonds is 11. The zero-order chi connectivity index (χ0) is 28.9. The van der Waals surface area contributed by atoms with E-state index < -0.39 is 17.4 Å². The number of halogens is 3.